The Bertz CT molecular complexity index is 859. The van der Waals surface area contributed by atoms with Crippen molar-refractivity contribution in [1.29, 1.82) is 0 Å². The molecule has 0 radical (unpaired) electrons. The number of benzene rings is 2. The van der Waals surface area contributed by atoms with Crippen molar-refractivity contribution in [2.75, 3.05) is 19.5 Å². The number of ether oxygens (including phenoxy) is 2. The number of rotatable bonds is 8. The summed E-state index contributed by atoms with van der Waals surface area (Å²) in [7, 11) is 1.62. The summed E-state index contributed by atoms with van der Waals surface area (Å²) in [6.07, 6.45) is 0.316. The number of aryl methyl sites for hydroxylation is 1. The maximum atomic E-state index is 10.5. The minimum absolute atomic E-state index is 0.187. The molecule has 0 fully saturated rings. The largest absolute Gasteiger partial charge is 0.497 e. The van der Waals surface area contributed by atoms with Crippen molar-refractivity contribution in [1.82, 2.24) is 4.57 Å². The van der Waals surface area contributed by atoms with Gasteiger partial charge in [-0.2, -0.15) is 0 Å². The van der Waals surface area contributed by atoms with Gasteiger partial charge in [-0.1, -0.05) is 19.1 Å². The fourth-order valence-corrected chi connectivity index (χ4v) is 3.09. The number of aromatic nitrogens is 2. The molecule has 26 heavy (non-hydrogen) atoms. The van der Waals surface area contributed by atoms with Gasteiger partial charge in [0.05, 0.1) is 13.7 Å². The van der Waals surface area contributed by atoms with Crippen molar-refractivity contribution < 1.29 is 19.1 Å². The summed E-state index contributed by atoms with van der Waals surface area (Å²) in [5, 5.41) is 10.5. The second-order valence-corrected chi connectivity index (χ2v) is 6.25. The molecule has 3 N–H and O–H groups in total. The van der Waals surface area contributed by atoms with Crippen LogP contribution in [-0.4, -0.2) is 29.5 Å². The van der Waals surface area contributed by atoms with Crippen molar-refractivity contribution in [3.8, 4) is 11.5 Å². The molecule has 0 aliphatic heterocycles. The van der Waals surface area contributed by atoms with Gasteiger partial charge in [0.2, 0.25) is 0 Å². The maximum absolute atomic E-state index is 10.5. The molecule has 1 heterocycles. The molecule has 0 aliphatic rings. The summed E-state index contributed by atoms with van der Waals surface area (Å²) >= 11 is 0. The topological polar surface area (TPSA) is 73.5 Å². The first kappa shape index (κ1) is 18.1. The normalized spacial score (nSPS) is 12.3. The van der Waals surface area contributed by atoms with Gasteiger partial charge < -0.3 is 14.6 Å². The third kappa shape index (κ3) is 3.75. The smallest absolute Gasteiger partial charge is 0.356 e. The Balaban J connectivity index is 1.72. The van der Waals surface area contributed by atoms with Gasteiger partial charge in [0, 0.05) is 0 Å². The fourth-order valence-electron chi connectivity index (χ4n) is 3.09. The summed E-state index contributed by atoms with van der Waals surface area (Å²) in [5.41, 5.74) is 8.44. The van der Waals surface area contributed by atoms with Gasteiger partial charge in [-0.05, 0) is 42.8 Å². The highest BCUT2D eigenvalue weighted by Crippen LogP contribution is 2.18. The third-order valence-electron chi connectivity index (χ3n) is 4.36. The average Bonchev–Trinajstić information content (AvgIpc) is 2.93. The molecule has 0 amide bonds. The highest BCUT2D eigenvalue weighted by molar-refractivity contribution is 5.73. The van der Waals surface area contributed by atoms with Gasteiger partial charge in [-0.15, -0.1) is 0 Å². The lowest BCUT2D eigenvalue weighted by molar-refractivity contribution is -0.665. The lowest BCUT2D eigenvalue weighted by atomic mass is 10.3. The van der Waals surface area contributed by atoms with Crippen molar-refractivity contribution >= 4 is 17.0 Å². The molecule has 3 aromatic rings. The van der Waals surface area contributed by atoms with E-state index in [2.05, 4.69) is 17.6 Å². The summed E-state index contributed by atoms with van der Waals surface area (Å²) in [6, 6.07) is 15.4. The second-order valence-electron chi connectivity index (χ2n) is 6.25. The van der Waals surface area contributed by atoms with Crippen molar-refractivity contribution in [3.05, 3.63) is 48.5 Å². The van der Waals surface area contributed by atoms with Gasteiger partial charge in [-0.3, -0.25) is 5.73 Å². The zero-order chi connectivity index (χ0) is 18.5. The van der Waals surface area contributed by atoms with E-state index in [1.807, 2.05) is 47.0 Å². The number of imidazole rings is 1. The molecule has 0 bridgehead atoms. The summed E-state index contributed by atoms with van der Waals surface area (Å²) in [5.74, 6) is 2.11. The number of hydrogen-bond acceptors (Lipinski definition) is 4. The molecule has 6 nitrogen and oxygen atoms in total. The van der Waals surface area contributed by atoms with Crippen molar-refractivity contribution in [2.45, 2.75) is 32.5 Å². The Labute approximate surface area is 153 Å². The van der Waals surface area contributed by atoms with Crippen LogP contribution in [0.1, 0.15) is 13.3 Å². The van der Waals surface area contributed by atoms with Crippen LogP contribution >= 0.6 is 0 Å². The highest BCUT2D eigenvalue weighted by atomic mass is 16.5. The average molecular weight is 356 g/mol. The van der Waals surface area contributed by atoms with Crippen LogP contribution in [0.5, 0.6) is 11.5 Å². The van der Waals surface area contributed by atoms with E-state index in [0.717, 1.165) is 29.7 Å². The molecule has 3 rings (SSSR count). The Morgan fingerprint density at radius 1 is 1.12 bits per heavy atom. The number of nitrogen functional groups attached to an aromatic ring is 1. The van der Waals surface area contributed by atoms with E-state index < -0.39 is 6.10 Å². The molecule has 1 unspecified atom stereocenters. The first-order valence-corrected chi connectivity index (χ1v) is 8.85. The monoisotopic (exact) mass is 356 g/mol. The van der Waals surface area contributed by atoms with Crippen LogP contribution in [0.25, 0.3) is 11.0 Å². The predicted molar refractivity (Wildman–Crippen MR) is 101 cm³/mol. The predicted octanol–water partition coefficient (Wildman–Crippen LogP) is 2.37. The number of methoxy groups -OCH3 is 1. The number of nitrogens with two attached hydrogens (primary N) is 1. The van der Waals surface area contributed by atoms with Crippen LogP contribution in [0.3, 0.4) is 0 Å². The van der Waals surface area contributed by atoms with E-state index in [1.165, 1.54) is 0 Å². The minimum Gasteiger partial charge on any atom is -0.497 e. The molecule has 138 valence electrons. The summed E-state index contributed by atoms with van der Waals surface area (Å²) in [4.78, 5) is 0. The van der Waals surface area contributed by atoms with Crippen LogP contribution < -0.4 is 19.8 Å². The number of aliphatic hydroxyl groups excluding tert-OH is 1. The van der Waals surface area contributed by atoms with Gasteiger partial charge in [-0.25, -0.2) is 9.13 Å². The summed E-state index contributed by atoms with van der Waals surface area (Å²) in [6.45, 7) is 3.53. The van der Waals surface area contributed by atoms with Crippen LogP contribution in [0.15, 0.2) is 48.5 Å². The Morgan fingerprint density at radius 2 is 1.81 bits per heavy atom. The van der Waals surface area contributed by atoms with Gasteiger partial charge in [0.25, 0.3) is 0 Å². The lowest BCUT2D eigenvalue weighted by Gasteiger charge is -2.12. The number of aliphatic hydroxyl groups is 1. The molecule has 0 spiro atoms. The standard InChI is InChI=1S/C20H25N3O3/c1-3-12-22-18-6-4-5-7-19(18)23(20(22)21)13-15(24)14-26-17-10-8-16(25-2)9-11-17/h4-11,15,21,24H,3,12-14H2,1-2H3/p+1. The number of hydrogen-bond donors (Lipinski definition) is 2. The SMILES string of the molecule is CCCn1c(N)[n+](CC(O)COc2ccc(OC)cc2)c2ccccc21. The molecule has 0 saturated carbocycles. The molecule has 0 aliphatic carbocycles. The van der Waals surface area contributed by atoms with Crippen molar-refractivity contribution in [3.63, 3.8) is 0 Å². The van der Waals surface area contributed by atoms with Gasteiger partial charge in [0.1, 0.15) is 41.8 Å². The third-order valence-corrected chi connectivity index (χ3v) is 4.36. The fraction of sp³-hybridized carbons (Fsp3) is 0.350. The Morgan fingerprint density at radius 3 is 2.50 bits per heavy atom. The van der Waals surface area contributed by atoms with E-state index in [-0.39, 0.29) is 6.61 Å². The molecule has 2 aromatic carbocycles. The van der Waals surface area contributed by atoms with Crippen molar-refractivity contribution in [2.24, 2.45) is 0 Å². The molecule has 6 heteroatoms. The van der Waals surface area contributed by atoms with E-state index >= 15 is 0 Å². The number of fused-ring (bicyclic) bond motifs is 1. The van der Waals surface area contributed by atoms with Crippen LogP contribution in [0, 0.1) is 0 Å². The number of nitrogens with zero attached hydrogens (tertiary/aromatic N) is 2. The van der Waals surface area contributed by atoms with Gasteiger partial charge >= 0.3 is 5.95 Å². The quantitative estimate of drug-likeness (QED) is 0.608. The maximum Gasteiger partial charge on any atom is 0.356 e. The van der Waals surface area contributed by atoms with Crippen LogP contribution in [0.2, 0.25) is 0 Å². The molecular formula is C20H26N3O3+. The molecule has 1 atom stereocenters. The van der Waals surface area contributed by atoms with E-state index in [9.17, 15) is 5.11 Å². The van der Waals surface area contributed by atoms with Crippen LogP contribution in [-0.2, 0) is 13.1 Å². The zero-order valence-corrected chi connectivity index (χ0v) is 15.3. The van der Waals surface area contributed by atoms with E-state index in [0.29, 0.717) is 18.2 Å². The van der Waals surface area contributed by atoms with E-state index in [4.69, 9.17) is 15.2 Å². The Kier molecular flexibility index (Phi) is 5.63. The van der Waals surface area contributed by atoms with Gasteiger partial charge in [0.15, 0.2) is 0 Å². The zero-order valence-electron chi connectivity index (χ0n) is 15.3. The van der Waals surface area contributed by atoms with E-state index in [1.54, 1.807) is 7.11 Å². The lowest BCUT2D eigenvalue weighted by Crippen LogP contribution is -2.43. The van der Waals surface area contributed by atoms with Crippen LogP contribution in [0.4, 0.5) is 5.95 Å². The first-order valence-electron chi connectivity index (χ1n) is 8.85. The number of anilines is 1. The molecular weight excluding hydrogens is 330 g/mol. The molecule has 0 saturated heterocycles. The summed E-state index contributed by atoms with van der Waals surface area (Å²) < 4.78 is 14.8. The first-order chi connectivity index (χ1) is 12.6. The highest BCUT2D eigenvalue weighted by Gasteiger charge is 2.22. The Hall–Kier alpha value is -2.73. The molecule has 1 aromatic heterocycles. The minimum atomic E-state index is -0.676. The number of para-hydroxylation sites is 2. The second kappa shape index (κ2) is 8.10.